The highest BCUT2D eigenvalue weighted by atomic mass is 19.1. The zero-order chi connectivity index (χ0) is 11.7. The molecular formula is C12H11FN2O. The molecule has 4 heteroatoms. The van der Waals surface area contributed by atoms with Gasteiger partial charge in [0.1, 0.15) is 5.82 Å². The van der Waals surface area contributed by atoms with E-state index in [0.717, 1.165) is 5.56 Å². The second kappa shape index (κ2) is 3.89. The summed E-state index contributed by atoms with van der Waals surface area (Å²) >= 11 is 0. The summed E-state index contributed by atoms with van der Waals surface area (Å²) in [4.78, 5) is 15.9. The van der Waals surface area contributed by atoms with Crippen LogP contribution in [0.1, 0.15) is 21.7 Å². The first-order chi connectivity index (χ1) is 7.58. The zero-order valence-electron chi connectivity index (χ0n) is 9.07. The summed E-state index contributed by atoms with van der Waals surface area (Å²) in [5.74, 6) is -0.363. The van der Waals surface area contributed by atoms with Gasteiger partial charge in [-0.15, -0.1) is 0 Å². The third-order valence-electron chi connectivity index (χ3n) is 2.33. The number of aryl methyl sites for hydroxylation is 2. The molecule has 0 bridgehead atoms. The van der Waals surface area contributed by atoms with E-state index in [4.69, 9.17) is 0 Å². The number of benzene rings is 1. The van der Waals surface area contributed by atoms with E-state index in [-0.39, 0.29) is 5.78 Å². The number of rotatable bonds is 2. The van der Waals surface area contributed by atoms with Crippen molar-refractivity contribution in [1.29, 1.82) is 0 Å². The van der Waals surface area contributed by atoms with Gasteiger partial charge in [0, 0.05) is 25.0 Å². The summed E-state index contributed by atoms with van der Waals surface area (Å²) in [5, 5.41) is 0. The van der Waals surface area contributed by atoms with E-state index in [1.807, 2.05) is 0 Å². The molecule has 82 valence electrons. The van der Waals surface area contributed by atoms with Gasteiger partial charge in [0.05, 0.1) is 0 Å². The first kappa shape index (κ1) is 10.5. The van der Waals surface area contributed by atoms with Crippen molar-refractivity contribution < 1.29 is 9.18 Å². The monoisotopic (exact) mass is 218 g/mol. The predicted molar refractivity (Wildman–Crippen MR) is 57.8 cm³/mol. The molecule has 1 heterocycles. The largest absolute Gasteiger partial charge is 0.331 e. The lowest BCUT2D eigenvalue weighted by atomic mass is 10.1. The minimum Gasteiger partial charge on any atom is -0.331 e. The van der Waals surface area contributed by atoms with Crippen molar-refractivity contribution in [2.24, 2.45) is 7.05 Å². The standard InChI is InChI=1S/C12H11FN2O/c1-8-5-9(7-10(13)6-8)11(16)12-14-3-4-15(12)2/h3-7H,1-2H3. The van der Waals surface area contributed by atoms with E-state index in [1.54, 1.807) is 37.0 Å². The molecule has 2 rings (SSSR count). The lowest BCUT2D eigenvalue weighted by Gasteiger charge is -2.02. The maximum absolute atomic E-state index is 13.2. The summed E-state index contributed by atoms with van der Waals surface area (Å²) in [6, 6.07) is 4.26. The van der Waals surface area contributed by atoms with Crippen molar-refractivity contribution in [3.05, 3.63) is 53.4 Å². The molecule has 0 aliphatic heterocycles. The Bertz CT molecular complexity index is 525. The van der Waals surface area contributed by atoms with Gasteiger partial charge in [-0.25, -0.2) is 9.37 Å². The summed E-state index contributed by atoms with van der Waals surface area (Å²) in [6.45, 7) is 1.75. The molecule has 1 aromatic heterocycles. The van der Waals surface area contributed by atoms with E-state index in [9.17, 15) is 9.18 Å². The molecule has 0 spiro atoms. The van der Waals surface area contributed by atoms with Crippen LogP contribution >= 0.6 is 0 Å². The van der Waals surface area contributed by atoms with Crippen LogP contribution in [0.5, 0.6) is 0 Å². The quantitative estimate of drug-likeness (QED) is 0.723. The van der Waals surface area contributed by atoms with Crippen molar-refractivity contribution in [2.75, 3.05) is 0 Å². The molecule has 0 N–H and O–H groups in total. The molecule has 0 saturated carbocycles. The number of hydrogen-bond donors (Lipinski definition) is 0. The molecule has 3 nitrogen and oxygen atoms in total. The number of imidazole rings is 1. The Hall–Kier alpha value is -1.97. The van der Waals surface area contributed by atoms with Crippen molar-refractivity contribution in [2.45, 2.75) is 6.92 Å². The number of halogens is 1. The van der Waals surface area contributed by atoms with Gasteiger partial charge >= 0.3 is 0 Å². The van der Waals surface area contributed by atoms with E-state index in [0.29, 0.717) is 11.4 Å². The van der Waals surface area contributed by atoms with E-state index in [1.165, 1.54) is 12.1 Å². The molecule has 1 aromatic carbocycles. The Morgan fingerprint density at radius 1 is 1.38 bits per heavy atom. The van der Waals surface area contributed by atoms with Gasteiger partial charge in [0.15, 0.2) is 5.82 Å². The first-order valence-electron chi connectivity index (χ1n) is 4.87. The third-order valence-corrected chi connectivity index (χ3v) is 2.33. The molecule has 0 aliphatic carbocycles. The second-order valence-corrected chi connectivity index (χ2v) is 3.71. The fourth-order valence-electron chi connectivity index (χ4n) is 1.58. The number of carbonyl (C=O) groups excluding carboxylic acids is 1. The zero-order valence-corrected chi connectivity index (χ0v) is 9.07. The van der Waals surface area contributed by atoms with Gasteiger partial charge in [-0.2, -0.15) is 0 Å². The molecule has 0 saturated heterocycles. The van der Waals surface area contributed by atoms with Gasteiger partial charge in [-0.3, -0.25) is 4.79 Å². The molecule has 0 unspecified atom stereocenters. The van der Waals surface area contributed by atoms with Crippen LogP contribution in [-0.2, 0) is 7.05 Å². The summed E-state index contributed by atoms with van der Waals surface area (Å²) in [5.41, 5.74) is 1.05. The maximum Gasteiger partial charge on any atom is 0.228 e. The fourth-order valence-corrected chi connectivity index (χ4v) is 1.58. The number of hydrogen-bond acceptors (Lipinski definition) is 2. The van der Waals surface area contributed by atoms with Crippen LogP contribution in [0.2, 0.25) is 0 Å². The molecule has 0 fully saturated rings. The lowest BCUT2D eigenvalue weighted by Crippen LogP contribution is -2.09. The van der Waals surface area contributed by atoms with Crippen molar-refractivity contribution >= 4 is 5.78 Å². The maximum atomic E-state index is 13.2. The van der Waals surface area contributed by atoms with Crippen LogP contribution in [-0.4, -0.2) is 15.3 Å². The molecule has 0 radical (unpaired) electrons. The SMILES string of the molecule is Cc1cc(F)cc(C(=O)c2nccn2C)c1. The van der Waals surface area contributed by atoms with Crippen LogP contribution in [0.15, 0.2) is 30.6 Å². The highest BCUT2D eigenvalue weighted by molar-refractivity contribution is 6.06. The average molecular weight is 218 g/mol. The van der Waals surface area contributed by atoms with Crippen molar-refractivity contribution in [3.8, 4) is 0 Å². The Morgan fingerprint density at radius 2 is 2.12 bits per heavy atom. The second-order valence-electron chi connectivity index (χ2n) is 3.71. The van der Waals surface area contributed by atoms with Gasteiger partial charge in [0.25, 0.3) is 0 Å². The lowest BCUT2D eigenvalue weighted by molar-refractivity contribution is 0.102. The Kier molecular flexibility index (Phi) is 2.56. The molecule has 16 heavy (non-hydrogen) atoms. The van der Waals surface area contributed by atoms with Gasteiger partial charge in [-0.05, 0) is 30.7 Å². The van der Waals surface area contributed by atoms with Gasteiger partial charge in [0.2, 0.25) is 5.78 Å². The number of aromatic nitrogens is 2. The Balaban J connectivity index is 2.45. The minimum absolute atomic E-state index is 0.268. The topological polar surface area (TPSA) is 34.9 Å². The van der Waals surface area contributed by atoms with Crippen molar-refractivity contribution in [1.82, 2.24) is 9.55 Å². The predicted octanol–water partition coefficient (Wildman–Crippen LogP) is 2.10. The van der Waals surface area contributed by atoms with E-state index in [2.05, 4.69) is 4.98 Å². The van der Waals surface area contributed by atoms with Crippen molar-refractivity contribution in [3.63, 3.8) is 0 Å². The molecule has 0 amide bonds. The highest BCUT2D eigenvalue weighted by Crippen LogP contribution is 2.12. The Labute approximate surface area is 92.5 Å². The summed E-state index contributed by atoms with van der Waals surface area (Å²) in [7, 11) is 1.73. The molecule has 2 aromatic rings. The molecule has 0 atom stereocenters. The number of nitrogens with zero attached hydrogens (tertiary/aromatic N) is 2. The van der Waals surface area contributed by atoms with Gasteiger partial charge < -0.3 is 4.57 Å². The average Bonchev–Trinajstić information content (AvgIpc) is 2.62. The van der Waals surface area contributed by atoms with Crippen LogP contribution in [0, 0.1) is 12.7 Å². The minimum atomic E-state index is -0.405. The molecular weight excluding hydrogens is 207 g/mol. The van der Waals surface area contributed by atoms with E-state index < -0.39 is 5.82 Å². The fraction of sp³-hybridized carbons (Fsp3) is 0.167. The molecule has 0 aliphatic rings. The highest BCUT2D eigenvalue weighted by Gasteiger charge is 2.14. The normalized spacial score (nSPS) is 10.4. The first-order valence-corrected chi connectivity index (χ1v) is 4.87. The summed E-state index contributed by atoms with van der Waals surface area (Å²) < 4.78 is 14.8. The van der Waals surface area contributed by atoms with E-state index >= 15 is 0 Å². The van der Waals surface area contributed by atoms with Crippen LogP contribution in [0.25, 0.3) is 0 Å². The van der Waals surface area contributed by atoms with Gasteiger partial charge in [-0.1, -0.05) is 0 Å². The number of ketones is 1. The summed E-state index contributed by atoms with van der Waals surface area (Å²) in [6.07, 6.45) is 3.22. The Morgan fingerprint density at radius 3 is 2.69 bits per heavy atom. The smallest absolute Gasteiger partial charge is 0.228 e. The van der Waals surface area contributed by atoms with Crippen LogP contribution in [0.3, 0.4) is 0 Å². The van der Waals surface area contributed by atoms with Crippen LogP contribution in [0.4, 0.5) is 4.39 Å². The number of carbonyl (C=O) groups is 1. The third kappa shape index (κ3) is 1.86. The van der Waals surface area contributed by atoms with Crippen LogP contribution < -0.4 is 0 Å².